The van der Waals surface area contributed by atoms with Crippen LogP contribution in [0.3, 0.4) is 0 Å². The van der Waals surface area contributed by atoms with E-state index in [2.05, 4.69) is 5.92 Å². The summed E-state index contributed by atoms with van der Waals surface area (Å²) in [5, 5.41) is 0. The zero-order valence-corrected chi connectivity index (χ0v) is 10.3. The number of benzene rings is 2. The standard InChI is InChI=1S/C16H13FO2/c1-2-9-18-15-7-3-5-13(10-15)12-19-16-8-4-6-14(17)11-16/h1,3-8,10-11H,9,12H2. The molecule has 3 heteroatoms. The van der Waals surface area contributed by atoms with Crippen molar-refractivity contribution in [1.29, 1.82) is 0 Å². The molecule has 0 aliphatic heterocycles. The average molecular weight is 256 g/mol. The van der Waals surface area contributed by atoms with Crippen LogP contribution in [0.5, 0.6) is 11.5 Å². The summed E-state index contributed by atoms with van der Waals surface area (Å²) in [7, 11) is 0. The van der Waals surface area contributed by atoms with E-state index < -0.39 is 0 Å². The van der Waals surface area contributed by atoms with Crippen molar-refractivity contribution in [3.05, 3.63) is 59.9 Å². The molecule has 96 valence electrons. The van der Waals surface area contributed by atoms with Gasteiger partial charge in [0.25, 0.3) is 0 Å². The predicted molar refractivity (Wildman–Crippen MR) is 71.5 cm³/mol. The van der Waals surface area contributed by atoms with Crippen LogP contribution in [0.15, 0.2) is 48.5 Å². The maximum Gasteiger partial charge on any atom is 0.148 e. The minimum atomic E-state index is -0.316. The summed E-state index contributed by atoms with van der Waals surface area (Å²) in [5.74, 6) is 3.28. The molecule has 0 fully saturated rings. The third-order valence-corrected chi connectivity index (χ3v) is 2.42. The molecule has 2 aromatic rings. The zero-order valence-electron chi connectivity index (χ0n) is 10.3. The first kappa shape index (κ1) is 13.0. The van der Waals surface area contributed by atoms with Gasteiger partial charge in [-0.1, -0.05) is 24.1 Å². The van der Waals surface area contributed by atoms with Crippen LogP contribution < -0.4 is 9.47 Å². The molecular formula is C16H13FO2. The molecule has 0 saturated heterocycles. The summed E-state index contributed by atoms with van der Waals surface area (Å²) in [4.78, 5) is 0. The summed E-state index contributed by atoms with van der Waals surface area (Å²) in [6, 6.07) is 13.5. The molecule has 0 atom stereocenters. The molecule has 0 spiro atoms. The van der Waals surface area contributed by atoms with Crippen molar-refractivity contribution in [2.45, 2.75) is 6.61 Å². The van der Waals surface area contributed by atoms with Gasteiger partial charge in [0.2, 0.25) is 0 Å². The molecule has 0 unspecified atom stereocenters. The van der Waals surface area contributed by atoms with Crippen LogP contribution in [-0.4, -0.2) is 6.61 Å². The molecule has 0 saturated carbocycles. The fraction of sp³-hybridized carbons (Fsp3) is 0.125. The van der Waals surface area contributed by atoms with Crippen LogP contribution in [-0.2, 0) is 6.61 Å². The average Bonchev–Trinajstić information content (AvgIpc) is 2.43. The first-order valence-corrected chi connectivity index (χ1v) is 5.81. The summed E-state index contributed by atoms with van der Waals surface area (Å²) < 4.78 is 23.8. The van der Waals surface area contributed by atoms with Crippen LogP contribution in [0, 0.1) is 18.2 Å². The topological polar surface area (TPSA) is 18.5 Å². The lowest BCUT2D eigenvalue weighted by atomic mass is 10.2. The lowest BCUT2D eigenvalue weighted by Crippen LogP contribution is -1.98. The van der Waals surface area contributed by atoms with Crippen LogP contribution in [0.1, 0.15) is 5.56 Å². The number of ether oxygens (including phenoxy) is 2. The molecule has 2 aromatic carbocycles. The molecule has 19 heavy (non-hydrogen) atoms. The maximum absolute atomic E-state index is 13.0. The van der Waals surface area contributed by atoms with Gasteiger partial charge in [-0.25, -0.2) is 4.39 Å². The second-order valence-electron chi connectivity index (χ2n) is 3.89. The van der Waals surface area contributed by atoms with Crippen LogP contribution in [0.2, 0.25) is 0 Å². The van der Waals surface area contributed by atoms with Gasteiger partial charge in [-0.3, -0.25) is 0 Å². The molecule has 2 nitrogen and oxygen atoms in total. The number of rotatable bonds is 5. The van der Waals surface area contributed by atoms with Crippen molar-refractivity contribution < 1.29 is 13.9 Å². The summed E-state index contributed by atoms with van der Waals surface area (Å²) >= 11 is 0. The number of hydrogen-bond donors (Lipinski definition) is 0. The monoisotopic (exact) mass is 256 g/mol. The van der Waals surface area contributed by atoms with Crippen molar-refractivity contribution in [3.8, 4) is 23.8 Å². The van der Waals surface area contributed by atoms with Gasteiger partial charge in [0, 0.05) is 6.07 Å². The molecule has 0 heterocycles. The fourth-order valence-electron chi connectivity index (χ4n) is 1.57. The van der Waals surface area contributed by atoms with E-state index in [0.29, 0.717) is 18.1 Å². The minimum absolute atomic E-state index is 0.230. The second kappa shape index (κ2) is 6.46. The van der Waals surface area contributed by atoms with Gasteiger partial charge in [0.15, 0.2) is 0 Å². The molecular weight excluding hydrogens is 243 g/mol. The molecule has 0 aromatic heterocycles. The van der Waals surface area contributed by atoms with Gasteiger partial charge in [0.1, 0.15) is 30.5 Å². The Morgan fingerprint density at radius 2 is 1.74 bits per heavy atom. The van der Waals surface area contributed by atoms with Gasteiger partial charge >= 0.3 is 0 Å². The molecule has 0 aliphatic carbocycles. The molecule has 0 aliphatic rings. The Kier molecular flexibility index (Phi) is 4.41. The van der Waals surface area contributed by atoms with E-state index in [4.69, 9.17) is 15.9 Å². The largest absolute Gasteiger partial charge is 0.489 e. The van der Waals surface area contributed by atoms with Gasteiger partial charge in [-0.2, -0.15) is 0 Å². The number of hydrogen-bond acceptors (Lipinski definition) is 2. The highest BCUT2D eigenvalue weighted by Crippen LogP contribution is 2.17. The van der Waals surface area contributed by atoms with Crippen molar-refractivity contribution in [2.75, 3.05) is 6.61 Å². The molecule has 0 radical (unpaired) electrons. The van der Waals surface area contributed by atoms with E-state index in [1.54, 1.807) is 12.1 Å². The molecule has 0 N–H and O–H groups in total. The summed E-state index contributed by atoms with van der Waals surface area (Å²) in [6.07, 6.45) is 5.13. The normalized spacial score (nSPS) is 9.68. The fourth-order valence-corrected chi connectivity index (χ4v) is 1.57. The maximum atomic E-state index is 13.0. The van der Waals surface area contributed by atoms with Crippen LogP contribution >= 0.6 is 0 Å². The van der Waals surface area contributed by atoms with Crippen molar-refractivity contribution in [2.24, 2.45) is 0 Å². The Morgan fingerprint density at radius 1 is 1.00 bits per heavy atom. The van der Waals surface area contributed by atoms with E-state index in [9.17, 15) is 4.39 Å². The Labute approximate surface area is 111 Å². The third-order valence-electron chi connectivity index (χ3n) is 2.42. The highest BCUT2D eigenvalue weighted by atomic mass is 19.1. The van der Waals surface area contributed by atoms with E-state index in [0.717, 1.165) is 5.56 Å². The number of terminal acetylenes is 1. The Hall–Kier alpha value is -2.47. The van der Waals surface area contributed by atoms with Crippen molar-refractivity contribution in [1.82, 2.24) is 0 Å². The van der Waals surface area contributed by atoms with Gasteiger partial charge in [-0.05, 0) is 29.8 Å². The predicted octanol–water partition coefficient (Wildman–Crippen LogP) is 3.42. The SMILES string of the molecule is C#CCOc1cccc(COc2cccc(F)c2)c1. The summed E-state index contributed by atoms with van der Waals surface area (Å²) in [5.41, 5.74) is 0.929. The quantitative estimate of drug-likeness (QED) is 0.763. The Balaban J connectivity index is 1.98. The lowest BCUT2D eigenvalue weighted by molar-refractivity contribution is 0.303. The number of halogens is 1. The van der Waals surface area contributed by atoms with E-state index >= 15 is 0 Å². The third kappa shape index (κ3) is 4.04. The van der Waals surface area contributed by atoms with Crippen LogP contribution in [0.4, 0.5) is 4.39 Å². The molecule has 0 bridgehead atoms. The van der Waals surface area contributed by atoms with Crippen molar-refractivity contribution in [3.63, 3.8) is 0 Å². The van der Waals surface area contributed by atoms with E-state index in [1.165, 1.54) is 12.1 Å². The van der Waals surface area contributed by atoms with Crippen molar-refractivity contribution >= 4 is 0 Å². The molecule has 2 rings (SSSR count). The smallest absolute Gasteiger partial charge is 0.148 e. The summed E-state index contributed by atoms with van der Waals surface area (Å²) in [6.45, 7) is 0.574. The lowest BCUT2D eigenvalue weighted by Gasteiger charge is -2.08. The minimum Gasteiger partial charge on any atom is -0.489 e. The highest BCUT2D eigenvalue weighted by molar-refractivity contribution is 5.29. The Bertz CT molecular complexity index is 587. The molecule has 0 amide bonds. The van der Waals surface area contributed by atoms with Gasteiger partial charge in [0.05, 0.1) is 0 Å². The first-order valence-electron chi connectivity index (χ1n) is 5.81. The Morgan fingerprint density at radius 3 is 2.47 bits per heavy atom. The van der Waals surface area contributed by atoms with E-state index in [1.807, 2.05) is 24.3 Å². The van der Waals surface area contributed by atoms with Crippen LogP contribution in [0.25, 0.3) is 0 Å². The van der Waals surface area contributed by atoms with Gasteiger partial charge < -0.3 is 9.47 Å². The van der Waals surface area contributed by atoms with E-state index in [-0.39, 0.29) is 12.4 Å². The second-order valence-corrected chi connectivity index (χ2v) is 3.89. The highest BCUT2D eigenvalue weighted by Gasteiger charge is 1.99. The van der Waals surface area contributed by atoms with Gasteiger partial charge in [-0.15, -0.1) is 6.42 Å². The first-order chi connectivity index (χ1) is 9.28. The zero-order chi connectivity index (χ0) is 13.5.